The Morgan fingerprint density at radius 1 is 1.35 bits per heavy atom. The molecule has 1 aliphatic rings. The van der Waals surface area contributed by atoms with E-state index in [0.717, 1.165) is 24.8 Å². The molecular weight excluding hydrogens is 219 g/mol. The minimum Gasteiger partial charge on any atom is -0.354 e. The van der Waals surface area contributed by atoms with E-state index >= 15 is 0 Å². The summed E-state index contributed by atoms with van der Waals surface area (Å²) in [5.74, 6) is -0.368. The average molecular weight is 236 g/mol. The lowest BCUT2D eigenvalue weighted by Gasteiger charge is -2.42. The number of amides is 1. The highest BCUT2D eigenvalue weighted by atomic mass is 19.1. The molecule has 0 radical (unpaired) electrons. The summed E-state index contributed by atoms with van der Waals surface area (Å²) in [6.07, 6.45) is 3.21. The number of nitrogens with one attached hydrogen (secondary N) is 1. The third-order valence-electron chi connectivity index (χ3n) is 3.58. The predicted octanol–water partition coefficient (Wildman–Crippen LogP) is 1.32. The van der Waals surface area contributed by atoms with Crippen LogP contribution in [0.2, 0.25) is 0 Å². The van der Waals surface area contributed by atoms with Gasteiger partial charge in [0.25, 0.3) is 0 Å². The Labute approximate surface area is 100 Å². The Kier molecular flexibility index (Phi) is 3.43. The van der Waals surface area contributed by atoms with E-state index in [2.05, 4.69) is 5.32 Å². The highest BCUT2D eigenvalue weighted by molar-refractivity contribution is 5.77. The molecule has 0 unspecified atom stereocenters. The summed E-state index contributed by atoms with van der Waals surface area (Å²) in [6.45, 7) is 0.605. The minimum atomic E-state index is -0.228. The predicted molar refractivity (Wildman–Crippen MR) is 64.0 cm³/mol. The Hall–Kier alpha value is -1.42. The van der Waals surface area contributed by atoms with Gasteiger partial charge in [-0.1, -0.05) is 18.6 Å². The molecule has 0 atom stereocenters. The van der Waals surface area contributed by atoms with Gasteiger partial charge in [-0.25, -0.2) is 4.39 Å². The molecule has 1 amide bonds. The van der Waals surface area contributed by atoms with Crippen LogP contribution in [-0.4, -0.2) is 19.0 Å². The summed E-state index contributed by atoms with van der Waals surface area (Å²) >= 11 is 0. The molecule has 0 aliphatic heterocycles. The molecule has 17 heavy (non-hydrogen) atoms. The highest BCUT2D eigenvalue weighted by Gasteiger charge is 2.38. The second-order valence-electron chi connectivity index (χ2n) is 4.62. The van der Waals surface area contributed by atoms with Crippen LogP contribution in [0.25, 0.3) is 0 Å². The van der Waals surface area contributed by atoms with Gasteiger partial charge in [-0.2, -0.15) is 0 Å². The zero-order valence-electron chi connectivity index (χ0n) is 9.71. The molecule has 92 valence electrons. The number of hydrogen-bond acceptors (Lipinski definition) is 2. The SMILES string of the molecule is NCC(=O)NCC1(c2ccc(F)cc2)CCC1. The monoisotopic (exact) mass is 236 g/mol. The number of halogens is 1. The third-order valence-corrected chi connectivity index (χ3v) is 3.58. The molecule has 4 heteroatoms. The van der Waals surface area contributed by atoms with Crippen molar-refractivity contribution in [2.45, 2.75) is 24.7 Å². The quantitative estimate of drug-likeness (QED) is 0.828. The Balaban J connectivity index is 2.08. The molecule has 3 N–H and O–H groups in total. The number of carbonyl (C=O) groups excluding carboxylic acids is 1. The molecule has 0 aromatic heterocycles. The van der Waals surface area contributed by atoms with Crippen molar-refractivity contribution in [1.29, 1.82) is 0 Å². The van der Waals surface area contributed by atoms with Crippen molar-refractivity contribution in [3.05, 3.63) is 35.6 Å². The molecule has 0 spiro atoms. The molecule has 1 aromatic rings. The van der Waals surface area contributed by atoms with Gasteiger partial charge in [0.1, 0.15) is 5.82 Å². The van der Waals surface area contributed by atoms with Crippen molar-refractivity contribution in [3.8, 4) is 0 Å². The second-order valence-corrected chi connectivity index (χ2v) is 4.62. The molecule has 3 nitrogen and oxygen atoms in total. The average Bonchev–Trinajstić information content (AvgIpc) is 2.29. The first-order valence-corrected chi connectivity index (χ1v) is 5.89. The molecule has 1 saturated carbocycles. The van der Waals surface area contributed by atoms with Gasteiger partial charge in [0.05, 0.1) is 6.54 Å². The van der Waals surface area contributed by atoms with E-state index < -0.39 is 0 Å². The van der Waals surface area contributed by atoms with Gasteiger partial charge >= 0.3 is 0 Å². The van der Waals surface area contributed by atoms with Gasteiger partial charge < -0.3 is 11.1 Å². The topological polar surface area (TPSA) is 55.1 Å². The minimum absolute atomic E-state index is 0.0134. The van der Waals surface area contributed by atoms with Crippen LogP contribution in [0.1, 0.15) is 24.8 Å². The first-order chi connectivity index (χ1) is 8.16. The maximum absolute atomic E-state index is 12.9. The maximum Gasteiger partial charge on any atom is 0.233 e. The standard InChI is InChI=1S/C13H17FN2O/c14-11-4-2-10(3-5-11)13(6-1-7-13)9-16-12(17)8-15/h2-5H,1,6-9,15H2,(H,16,17). The number of carbonyl (C=O) groups is 1. The molecule has 0 heterocycles. The lowest BCUT2D eigenvalue weighted by Crippen LogP contribution is -2.46. The van der Waals surface area contributed by atoms with E-state index in [4.69, 9.17) is 5.73 Å². The summed E-state index contributed by atoms with van der Waals surface area (Å²) in [5, 5.41) is 2.83. The molecule has 1 aliphatic carbocycles. The Bertz CT molecular complexity index is 398. The fourth-order valence-electron chi connectivity index (χ4n) is 2.31. The van der Waals surface area contributed by atoms with E-state index in [1.165, 1.54) is 12.1 Å². The van der Waals surface area contributed by atoms with Gasteiger partial charge in [0.2, 0.25) is 5.91 Å². The van der Waals surface area contributed by atoms with Gasteiger partial charge in [-0.15, -0.1) is 0 Å². The number of hydrogen-bond donors (Lipinski definition) is 2. The molecule has 1 aromatic carbocycles. The largest absolute Gasteiger partial charge is 0.354 e. The van der Waals surface area contributed by atoms with Crippen LogP contribution in [0.4, 0.5) is 4.39 Å². The summed E-state index contributed by atoms with van der Waals surface area (Å²) in [7, 11) is 0. The van der Waals surface area contributed by atoms with Crippen molar-refractivity contribution in [3.63, 3.8) is 0 Å². The van der Waals surface area contributed by atoms with Crippen molar-refractivity contribution in [2.75, 3.05) is 13.1 Å². The Morgan fingerprint density at radius 3 is 2.47 bits per heavy atom. The van der Waals surface area contributed by atoms with Crippen molar-refractivity contribution < 1.29 is 9.18 Å². The number of rotatable bonds is 4. The van der Waals surface area contributed by atoms with Gasteiger partial charge in [-0.05, 0) is 30.5 Å². The van der Waals surface area contributed by atoms with Crippen LogP contribution in [0.15, 0.2) is 24.3 Å². The van der Waals surface area contributed by atoms with Crippen LogP contribution in [0, 0.1) is 5.82 Å². The van der Waals surface area contributed by atoms with Gasteiger partial charge in [0.15, 0.2) is 0 Å². The van der Waals surface area contributed by atoms with E-state index in [9.17, 15) is 9.18 Å². The zero-order chi connectivity index (χ0) is 12.3. The fourth-order valence-corrected chi connectivity index (χ4v) is 2.31. The highest BCUT2D eigenvalue weighted by Crippen LogP contribution is 2.43. The first-order valence-electron chi connectivity index (χ1n) is 5.89. The van der Waals surface area contributed by atoms with E-state index in [1.54, 1.807) is 0 Å². The van der Waals surface area contributed by atoms with Gasteiger partial charge in [0, 0.05) is 12.0 Å². The van der Waals surface area contributed by atoms with Crippen LogP contribution < -0.4 is 11.1 Å². The fraction of sp³-hybridized carbons (Fsp3) is 0.462. The lowest BCUT2D eigenvalue weighted by molar-refractivity contribution is -0.120. The number of benzene rings is 1. The van der Waals surface area contributed by atoms with Crippen LogP contribution in [-0.2, 0) is 10.2 Å². The number of nitrogens with two attached hydrogens (primary N) is 1. The van der Waals surface area contributed by atoms with Crippen LogP contribution >= 0.6 is 0 Å². The normalized spacial score (nSPS) is 17.3. The first kappa shape index (κ1) is 12.0. The molecular formula is C13H17FN2O. The van der Waals surface area contributed by atoms with Crippen molar-refractivity contribution >= 4 is 5.91 Å². The summed E-state index contributed by atoms with van der Waals surface area (Å²) in [6, 6.07) is 6.56. The van der Waals surface area contributed by atoms with Crippen LogP contribution in [0.5, 0.6) is 0 Å². The molecule has 0 saturated heterocycles. The van der Waals surface area contributed by atoms with Gasteiger partial charge in [-0.3, -0.25) is 4.79 Å². The smallest absolute Gasteiger partial charge is 0.233 e. The van der Waals surface area contributed by atoms with E-state index in [1.807, 2.05) is 12.1 Å². The van der Waals surface area contributed by atoms with E-state index in [0.29, 0.717) is 6.54 Å². The molecule has 0 bridgehead atoms. The van der Waals surface area contributed by atoms with Crippen LogP contribution in [0.3, 0.4) is 0 Å². The zero-order valence-corrected chi connectivity index (χ0v) is 9.71. The van der Waals surface area contributed by atoms with Crippen molar-refractivity contribution in [1.82, 2.24) is 5.32 Å². The summed E-state index contributed by atoms with van der Waals surface area (Å²) in [5.41, 5.74) is 6.34. The lowest BCUT2D eigenvalue weighted by atomic mass is 9.64. The summed E-state index contributed by atoms with van der Waals surface area (Å²) < 4.78 is 12.9. The van der Waals surface area contributed by atoms with E-state index in [-0.39, 0.29) is 23.7 Å². The second kappa shape index (κ2) is 4.84. The third kappa shape index (κ3) is 2.47. The maximum atomic E-state index is 12.9. The van der Waals surface area contributed by atoms with Crippen molar-refractivity contribution in [2.24, 2.45) is 5.73 Å². The summed E-state index contributed by atoms with van der Waals surface area (Å²) in [4.78, 5) is 11.2. The molecule has 1 fully saturated rings. The molecule has 2 rings (SSSR count). The Morgan fingerprint density at radius 2 is 2.00 bits per heavy atom.